The van der Waals surface area contributed by atoms with Crippen LogP contribution in [0.2, 0.25) is 0 Å². The highest BCUT2D eigenvalue weighted by Gasteiger charge is 2.23. The maximum absolute atomic E-state index is 11.9. The Morgan fingerprint density at radius 2 is 1.89 bits per heavy atom. The van der Waals surface area contributed by atoms with Gasteiger partial charge in [-0.1, -0.05) is 24.6 Å². The maximum Gasteiger partial charge on any atom is 0.316 e. The molecular weight excluding hydrogens is 262 g/mol. The number of rotatable bonds is 6. The van der Waals surface area contributed by atoms with Gasteiger partial charge in [0.05, 0.1) is 5.25 Å². The van der Waals surface area contributed by atoms with Gasteiger partial charge in [-0.2, -0.15) is 0 Å². The minimum atomic E-state index is -0.873. The molecule has 1 aromatic rings. The number of nitrogens with one attached hydrogen (secondary N) is 1. The van der Waals surface area contributed by atoms with Gasteiger partial charge in [-0.3, -0.25) is 9.59 Å². The number of hydrogen-bond donors (Lipinski definition) is 2. The summed E-state index contributed by atoms with van der Waals surface area (Å²) in [7, 11) is 0. The third kappa shape index (κ3) is 4.95. The van der Waals surface area contributed by atoms with E-state index in [0.717, 1.165) is 11.3 Å². The van der Waals surface area contributed by atoms with E-state index in [2.05, 4.69) is 5.32 Å². The first kappa shape index (κ1) is 15.6. The van der Waals surface area contributed by atoms with E-state index < -0.39 is 16.5 Å². The second-order valence-corrected chi connectivity index (χ2v) is 5.92. The van der Waals surface area contributed by atoms with Crippen molar-refractivity contribution in [2.45, 2.75) is 37.7 Å². The first-order valence-electron chi connectivity index (χ1n) is 6.19. The topological polar surface area (TPSA) is 66.4 Å². The Morgan fingerprint density at radius 3 is 2.37 bits per heavy atom. The van der Waals surface area contributed by atoms with Crippen molar-refractivity contribution in [3.8, 4) is 0 Å². The number of carbonyl (C=O) groups is 2. The van der Waals surface area contributed by atoms with E-state index in [0.29, 0.717) is 6.42 Å². The Balaban J connectivity index is 2.57. The van der Waals surface area contributed by atoms with Crippen LogP contribution in [0.4, 0.5) is 5.69 Å². The Hall–Kier alpha value is -1.49. The molecule has 0 saturated heterocycles. The van der Waals surface area contributed by atoms with Crippen molar-refractivity contribution in [3.05, 3.63) is 29.8 Å². The second kappa shape index (κ2) is 7.19. The van der Waals surface area contributed by atoms with Crippen LogP contribution in [0.5, 0.6) is 0 Å². The van der Waals surface area contributed by atoms with Crippen molar-refractivity contribution in [2.75, 3.05) is 5.32 Å². The van der Waals surface area contributed by atoms with Crippen LogP contribution in [-0.2, 0) is 9.59 Å². The van der Waals surface area contributed by atoms with Crippen LogP contribution in [0, 0.1) is 6.92 Å². The Bertz CT molecular complexity index is 445. The molecule has 19 heavy (non-hydrogen) atoms. The van der Waals surface area contributed by atoms with E-state index in [4.69, 9.17) is 5.11 Å². The Kier molecular flexibility index (Phi) is 5.89. The summed E-state index contributed by atoms with van der Waals surface area (Å²) in [5, 5.41) is 10.8. The molecule has 104 valence electrons. The summed E-state index contributed by atoms with van der Waals surface area (Å²) in [6, 6.07) is 7.50. The fourth-order valence-corrected chi connectivity index (χ4v) is 2.50. The number of amides is 1. The van der Waals surface area contributed by atoms with Crippen LogP contribution in [0.25, 0.3) is 0 Å². The zero-order valence-electron chi connectivity index (χ0n) is 11.3. The summed E-state index contributed by atoms with van der Waals surface area (Å²) in [5.74, 6) is -1.05. The number of hydrogen-bond acceptors (Lipinski definition) is 3. The third-order valence-corrected chi connectivity index (χ3v) is 4.19. The standard InChI is InChI=1S/C14H19NO3S/c1-4-12(14(17)18)19-10(3)13(16)15-11-7-5-9(2)6-8-11/h5-8,10,12H,4H2,1-3H3,(H,15,16)(H,17,18). The van der Waals surface area contributed by atoms with Crippen LogP contribution in [0.3, 0.4) is 0 Å². The monoisotopic (exact) mass is 281 g/mol. The van der Waals surface area contributed by atoms with Crippen LogP contribution in [0.15, 0.2) is 24.3 Å². The van der Waals surface area contributed by atoms with Gasteiger partial charge in [0.15, 0.2) is 0 Å². The molecule has 0 heterocycles. The highest BCUT2D eigenvalue weighted by Crippen LogP contribution is 2.22. The molecule has 0 fully saturated rings. The summed E-state index contributed by atoms with van der Waals surface area (Å²) in [6.45, 7) is 5.50. The molecule has 0 aromatic heterocycles. The van der Waals surface area contributed by atoms with Gasteiger partial charge in [-0.15, -0.1) is 11.8 Å². The number of benzene rings is 1. The van der Waals surface area contributed by atoms with E-state index in [1.165, 1.54) is 11.8 Å². The van der Waals surface area contributed by atoms with Gasteiger partial charge < -0.3 is 10.4 Å². The first-order valence-corrected chi connectivity index (χ1v) is 7.14. The van der Waals surface area contributed by atoms with E-state index >= 15 is 0 Å². The first-order chi connectivity index (χ1) is 8.93. The van der Waals surface area contributed by atoms with Gasteiger partial charge in [0.2, 0.25) is 5.91 Å². The highest BCUT2D eigenvalue weighted by atomic mass is 32.2. The van der Waals surface area contributed by atoms with E-state index in [9.17, 15) is 9.59 Å². The number of carboxylic acid groups (broad SMARTS) is 1. The second-order valence-electron chi connectivity index (χ2n) is 4.37. The van der Waals surface area contributed by atoms with E-state index in [-0.39, 0.29) is 5.91 Å². The highest BCUT2D eigenvalue weighted by molar-refractivity contribution is 8.01. The number of carbonyl (C=O) groups excluding carboxylic acids is 1. The molecule has 0 aliphatic carbocycles. The average Bonchev–Trinajstić information content (AvgIpc) is 2.37. The fraction of sp³-hybridized carbons (Fsp3) is 0.429. The molecule has 2 unspecified atom stereocenters. The number of aliphatic carboxylic acids is 1. The van der Waals surface area contributed by atoms with Crippen LogP contribution < -0.4 is 5.32 Å². The number of carboxylic acids is 1. The lowest BCUT2D eigenvalue weighted by Gasteiger charge is -2.16. The maximum atomic E-state index is 11.9. The molecular formula is C14H19NO3S. The average molecular weight is 281 g/mol. The molecule has 0 bridgehead atoms. The minimum Gasteiger partial charge on any atom is -0.480 e. The normalized spacial score (nSPS) is 13.6. The summed E-state index contributed by atoms with van der Waals surface area (Å²) < 4.78 is 0. The largest absolute Gasteiger partial charge is 0.480 e. The van der Waals surface area contributed by atoms with Crippen molar-refractivity contribution < 1.29 is 14.7 Å². The van der Waals surface area contributed by atoms with Crippen molar-refractivity contribution in [1.82, 2.24) is 0 Å². The van der Waals surface area contributed by atoms with Gasteiger partial charge in [0.25, 0.3) is 0 Å². The summed E-state index contributed by atoms with van der Waals surface area (Å²) >= 11 is 1.17. The molecule has 0 radical (unpaired) electrons. The summed E-state index contributed by atoms with van der Waals surface area (Å²) in [4.78, 5) is 22.9. The smallest absolute Gasteiger partial charge is 0.316 e. The van der Waals surface area contributed by atoms with Crippen molar-refractivity contribution in [2.24, 2.45) is 0 Å². The predicted molar refractivity (Wildman–Crippen MR) is 78.6 cm³/mol. The van der Waals surface area contributed by atoms with Gasteiger partial charge >= 0.3 is 5.97 Å². The van der Waals surface area contributed by atoms with Crippen molar-refractivity contribution in [1.29, 1.82) is 0 Å². The van der Waals surface area contributed by atoms with Gasteiger partial charge in [-0.05, 0) is 32.4 Å². The van der Waals surface area contributed by atoms with Crippen LogP contribution in [0.1, 0.15) is 25.8 Å². The van der Waals surface area contributed by atoms with Gasteiger partial charge in [-0.25, -0.2) is 0 Å². The van der Waals surface area contributed by atoms with Crippen molar-refractivity contribution >= 4 is 29.3 Å². The van der Waals surface area contributed by atoms with Gasteiger partial charge in [0, 0.05) is 5.69 Å². The molecule has 0 aliphatic heterocycles. The van der Waals surface area contributed by atoms with Crippen LogP contribution >= 0.6 is 11.8 Å². The predicted octanol–water partition coefficient (Wildman–Crippen LogP) is 2.92. The van der Waals surface area contributed by atoms with E-state index in [1.807, 2.05) is 31.2 Å². The lowest BCUT2D eigenvalue weighted by molar-refractivity contribution is -0.136. The van der Waals surface area contributed by atoms with E-state index in [1.54, 1.807) is 13.8 Å². The van der Waals surface area contributed by atoms with Gasteiger partial charge in [0.1, 0.15) is 5.25 Å². The molecule has 2 atom stereocenters. The SMILES string of the molecule is CCC(SC(C)C(=O)Nc1ccc(C)cc1)C(=O)O. The molecule has 0 aliphatic rings. The Labute approximate surface area is 117 Å². The molecule has 1 aromatic carbocycles. The number of anilines is 1. The van der Waals surface area contributed by atoms with Crippen LogP contribution in [-0.4, -0.2) is 27.5 Å². The van der Waals surface area contributed by atoms with Crippen molar-refractivity contribution in [3.63, 3.8) is 0 Å². The molecule has 0 spiro atoms. The molecule has 1 rings (SSSR count). The zero-order chi connectivity index (χ0) is 14.4. The summed E-state index contributed by atoms with van der Waals surface area (Å²) in [5.41, 5.74) is 1.85. The Morgan fingerprint density at radius 1 is 1.32 bits per heavy atom. The lowest BCUT2D eigenvalue weighted by atomic mass is 10.2. The molecule has 4 nitrogen and oxygen atoms in total. The quantitative estimate of drug-likeness (QED) is 0.841. The number of thioether (sulfide) groups is 1. The molecule has 1 amide bonds. The molecule has 5 heteroatoms. The third-order valence-electron chi connectivity index (χ3n) is 2.70. The lowest BCUT2D eigenvalue weighted by Crippen LogP contribution is -2.27. The zero-order valence-corrected chi connectivity index (χ0v) is 12.2. The molecule has 2 N–H and O–H groups in total. The number of aryl methyl sites for hydroxylation is 1. The molecule has 0 saturated carbocycles. The fourth-order valence-electron chi connectivity index (χ4n) is 1.52. The minimum absolute atomic E-state index is 0.173. The summed E-state index contributed by atoms with van der Waals surface area (Å²) in [6.07, 6.45) is 0.502.